The topological polar surface area (TPSA) is 51.3 Å². The predicted octanol–water partition coefficient (Wildman–Crippen LogP) is 6.75. The monoisotopic (exact) mass is 505 g/mol. The highest BCUT2D eigenvalue weighted by atomic mass is 19.4. The molecular formula is C23H16F9N3. The normalized spacial score (nSPS) is 21.1. The molecule has 3 aromatic rings. The van der Waals surface area contributed by atoms with Crippen molar-refractivity contribution < 1.29 is 39.5 Å². The molecule has 0 saturated heterocycles. The van der Waals surface area contributed by atoms with Crippen LogP contribution in [0.1, 0.15) is 40.5 Å². The summed E-state index contributed by atoms with van der Waals surface area (Å²) >= 11 is 0. The quantitative estimate of drug-likeness (QED) is 0.401. The van der Waals surface area contributed by atoms with E-state index in [0.29, 0.717) is 28.1 Å². The lowest BCUT2D eigenvalue weighted by molar-refractivity contribution is -0.170. The van der Waals surface area contributed by atoms with Gasteiger partial charge in [0.15, 0.2) is 0 Å². The first-order valence-electron chi connectivity index (χ1n) is 10.2. The number of rotatable bonds is 3. The molecule has 0 fully saturated rings. The molecule has 2 aromatic carbocycles. The standard InChI is InChI=1S/C23H16F9N3/c24-21(25,26)18-7-13(8-19(35-18)22(27,28)29)20(23(30,31)32)9-17(34-11-20)16-6-5-12(10-33)14-3-1-2-4-15(14)16/h1-8,11,17H,9-10,33H2. The van der Waals surface area contributed by atoms with E-state index in [1.165, 1.54) is 6.07 Å². The predicted molar refractivity (Wildman–Crippen MR) is 110 cm³/mol. The fourth-order valence-corrected chi connectivity index (χ4v) is 4.29. The van der Waals surface area contributed by atoms with Crippen LogP contribution in [0.2, 0.25) is 0 Å². The van der Waals surface area contributed by atoms with Crippen LogP contribution in [0.3, 0.4) is 0 Å². The second-order valence-corrected chi connectivity index (χ2v) is 8.15. The zero-order valence-corrected chi connectivity index (χ0v) is 17.6. The van der Waals surface area contributed by atoms with Gasteiger partial charge in [0.25, 0.3) is 0 Å². The van der Waals surface area contributed by atoms with E-state index >= 15 is 0 Å². The Labute approximate surface area is 192 Å². The van der Waals surface area contributed by atoms with Crippen LogP contribution in [-0.4, -0.2) is 17.4 Å². The molecule has 0 aliphatic carbocycles. The molecular weight excluding hydrogens is 489 g/mol. The first kappa shape index (κ1) is 25.0. The number of aromatic nitrogens is 1. The Morgan fingerprint density at radius 1 is 0.829 bits per heavy atom. The van der Waals surface area contributed by atoms with Crippen LogP contribution in [0.25, 0.3) is 10.8 Å². The number of nitrogens with zero attached hydrogens (tertiary/aromatic N) is 2. The smallest absolute Gasteiger partial charge is 0.326 e. The Morgan fingerprint density at radius 2 is 1.40 bits per heavy atom. The number of nitrogens with two attached hydrogens (primary N) is 1. The lowest BCUT2D eigenvalue weighted by Crippen LogP contribution is -2.43. The molecule has 2 atom stereocenters. The Balaban J connectivity index is 1.88. The summed E-state index contributed by atoms with van der Waals surface area (Å²) in [6.07, 6.45) is -16.6. The number of hydrogen-bond acceptors (Lipinski definition) is 3. The van der Waals surface area contributed by atoms with Gasteiger partial charge in [-0.15, -0.1) is 0 Å². The van der Waals surface area contributed by atoms with Crippen molar-refractivity contribution in [3.05, 3.63) is 76.6 Å². The highest BCUT2D eigenvalue weighted by Gasteiger charge is 2.59. The van der Waals surface area contributed by atoms with Gasteiger partial charge in [0.1, 0.15) is 16.8 Å². The minimum Gasteiger partial charge on any atom is -0.326 e. The molecule has 3 nitrogen and oxygen atoms in total. The van der Waals surface area contributed by atoms with Crippen molar-refractivity contribution >= 4 is 17.0 Å². The molecule has 1 aliphatic heterocycles. The summed E-state index contributed by atoms with van der Waals surface area (Å²) in [4.78, 5) is 6.46. The Morgan fingerprint density at radius 3 is 1.91 bits per heavy atom. The van der Waals surface area contributed by atoms with Gasteiger partial charge >= 0.3 is 18.5 Å². The zero-order chi connectivity index (χ0) is 25.8. The summed E-state index contributed by atoms with van der Waals surface area (Å²) in [5, 5.41) is 1.20. The second-order valence-electron chi connectivity index (χ2n) is 8.15. The molecule has 12 heteroatoms. The lowest BCUT2D eigenvalue weighted by atomic mass is 9.76. The van der Waals surface area contributed by atoms with Gasteiger partial charge in [0.05, 0.1) is 6.04 Å². The number of fused-ring (bicyclic) bond motifs is 1. The third-order valence-electron chi connectivity index (χ3n) is 6.04. The minimum atomic E-state index is -5.40. The van der Waals surface area contributed by atoms with Crippen molar-refractivity contribution in [3.63, 3.8) is 0 Å². The second kappa shape index (κ2) is 8.21. The largest absolute Gasteiger partial charge is 0.433 e. The summed E-state index contributed by atoms with van der Waals surface area (Å²) in [5.41, 5.74) is -1.76. The molecule has 186 valence electrons. The molecule has 0 bridgehead atoms. The molecule has 0 saturated carbocycles. The number of pyridine rings is 1. The molecule has 2 heterocycles. The number of hydrogen-bond donors (Lipinski definition) is 1. The SMILES string of the molecule is NCc1ccc(C2CC(c3cc(C(F)(F)F)nc(C(F)(F)F)c3)(C(F)(F)F)C=N2)c2ccccc12. The fraction of sp³-hybridized carbons (Fsp3) is 0.304. The summed E-state index contributed by atoms with van der Waals surface area (Å²) in [6.45, 7) is 0.151. The number of benzene rings is 2. The minimum absolute atomic E-state index is 0.00670. The van der Waals surface area contributed by atoms with Gasteiger partial charge in [0.2, 0.25) is 0 Å². The van der Waals surface area contributed by atoms with Crippen molar-refractivity contribution in [2.45, 2.75) is 43.0 Å². The third kappa shape index (κ3) is 4.35. The van der Waals surface area contributed by atoms with Crippen LogP contribution >= 0.6 is 0 Å². The van der Waals surface area contributed by atoms with Crippen molar-refractivity contribution in [3.8, 4) is 0 Å². The molecule has 35 heavy (non-hydrogen) atoms. The maximum absolute atomic E-state index is 14.4. The first-order chi connectivity index (χ1) is 16.2. The molecule has 0 amide bonds. The van der Waals surface area contributed by atoms with Crippen LogP contribution in [0.15, 0.2) is 53.5 Å². The molecule has 0 spiro atoms. The van der Waals surface area contributed by atoms with Crippen molar-refractivity contribution in [1.82, 2.24) is 4.98 Å². The van der Waals surface area contributed by atoms with Gasteiger partial charge in [-0.2, -0.15) is 39.5 Å². The van der Waals surface area contributed by atoms with E-state index in [2.05, 4.69) is 9.98 Å². The fourth-order valence-electron chi connectivity index (χ4n) is 4.29. The third-order valence-corrected chi connectivity index (χ3v) is 6.04. The summed E-state index contributed by atoms with van der Waals surface area (Å²) < 4.78 is 123. The summed E-state index contributed by atoms with van der Waals surface area (Å²) in [6, 6.07) is 8.68. The van der Waals surface area contributed by atoms with E-state index in [9.17, 15) is 39.5 Å². The molecule has 1 aromatic heterocycles. The van der Waals surface area contributed by atoms with Gasteiger partial charge in [-0.3, -0.25) is 4.99 Å². The number of aliphatic imine (C=N–C) groups is 1. The van der Waals surface area contributed by atoms with Crippen molar-refractivity contribution in [1.29, 1.82) is 0 Å². The summed E-state index contributed by atoms with van der Waals surface area (Å²) in [5.74, 6) is 0. The van der Waals surface area contributed by atoms with Gasteiger partial charge in [-0.25, -0.2) is 4.98 Å². The summed E-state index contributed by atoms with van der Waals surface area (Å²) in [7, 11) is 0. The van der Waals surface area contributed by atoms with Crippen LogP contribution in [0, 0.1) is 0 Å². The van der Waals surface area contributed by atoms with E-state index in [-0.39, 0.29) is 18.7 Å². The Bertz CT molecular complexity index is 1260. The zero-order valence-electron chi connectivity index (χ0n) is 17.6. The molecule has 2 unspecified atom stereocenters. The lowest BCUT2D eigenvalue weighted by Gasteiger charge is -2.31. The number of alkyl halides is 9. The van der Waals surface area contributed by atoms with Gasteiger partial charge in [-0.1, -0.05) is 36.4 Å². The van der Waals surface area contributed by atoms with Gasteiger partial charge < -0.3 is 5.73 Å². The van der Waals surface area contributed by atoms with E-state index in [1.807, 2.05) is 0 Å². The average molecular weight is 505 g/mol. The van der Waals surface area contributed by atoms with Crippen LogP contribution in [-0.2, 0) is 24.3 Å². The number of halogens is 9. The van der Waals surface area contributed by atoms with E-state index in [4.69, 9.17) is 5.73 Å². The highest BCUT2D eigenvalue weighted by molar-refractivity contribution is 5.90. The van der Waals surface area contributed by atoms with Crippen LogP contribution in [0.5, 0.6) is 0 Å². The van der Waals surface area contributed by atoms with Crippen LogP contribution < -0.4 is 5.73 Å². The molecule has 0 radical (unpaired) electrons. The first-order valence-corrected chi connectivity index (χ1v) is 10.2. The van der Waals surface area contributed by atoms with E-state index in [0.717, 1.165) is 0 Å². The highest BCUT2D eigenvalue weighted by Crippen LogP contribution is 2.52. The van der Waals surface area contributed by atoms with Crippen molar-refractivity contribution in [2.24, 2.45) is 10.7 Å². The maximum atomic E-state index is 14.4. The van der Waals surface area contributed by atoms with E-state index in [1.54, 1.807) is 30.3 Å². The van der Waals surface area contributed by atoms with Crippen molar-refractivity contribution in [2.75, 3.05) is 0 Å². The maximum Gasteiger partial charge on any atom is 0.433 e. The molecule has 1 aliphatic rings. The van der Waals surface area contributed by atoms with E-state index < -0.39 is 53.4 Å². The Kier molecular flexibility index (Phi) is 5.86. The van der Waals surface area contributed by atoms with Gasteiger partial charge in [0, 0.05) is 12.8 Å². The average Bonchev–Trinajstić information content (AvgIpc) is 3.23. The van der Waals surface area contributed by atoms with Gasteiger partial charge in [-0.05, 0) is 46.0 Å². The molecule has 2 N–H and O–H groups in total. The van der Waals surface area contributed by atoms with Crippen LogP contribution in [0.4, 0.5) is 39.5 Å². The molecule has 4 rings (SSSR count). The Hall–Kier alpha value is -3.15.